The number of ether oxygens (including phenoxy) is 1. The highest BCUT2D eigenvalue weighted by atomic mass is 16.5. The second-order valence-electron chi connectivity index (χ2n) is 5.00. The summed E-state index contributed by atoms with van der Waals surface area (Å²) in [6.45, 7) is 3.78. The summed E-state index contributed by atoms with van der Waals surface area (Å²) in [6.07, 6.45) is 6.02. The fourth-order valence-electron chi connectivity index (χ4n) is 2.28. The third-order valence-electron chi connectivity index (χ3n) is 3.37. The highest BCUT2D eigenvalue weighted by Crippen LogP contribution is 2.21. The van der Waals surface area contributed by atoms with Gasteiger partial charge >= 0.3 is 0 Å². The van der Waals surface area contributed by atoms with Crippen LogP contribution in [0.5, 0.6) is 0 Å². The Morgan fingerprint density at radius 3 is 2.68 bits per heavy atom. The Morgan fingerprint density at radius 2 is 2.05 bits per heavy atom. The quantitative estimate of drug-likeness (QED) is 0.651. The van der Waals surface area contributed by atoms with E-state index in [-0.39, 0.29) is 18.6 Å². The molecule has 0 aromatic carbocycles. The maximum absolute atomic E-state index is 11.4. The second kappa shape index (κ2) is 9.76. The summed E-state index contributed by atoms with van der Waals surface area (Å²) in [6, 6.07) is 2.60. The topological polar surface area (TPSA) is 74.2 Å². The molecule has 1 rings (SSSR count). The van der Waals surface area contributed by atoms with E-state index in [1.165, 1.54) is 6.42 Å². The summed E-state index contributed by atoms with van der Waals surface area (Å²) in [5.41, 5.74) is 0. The number of carbonyl (C=O) groups excluding carboxylic acids is 1. The van der Waals surface area contributed by atoms with Crippen LogP contribution in [0.1, 0.15) is 45.4 Å². The van der Waals surface area contributed by atoms with Crippen LogP contribution < -0.4 is 10.6 Å². The second-order valence-corrected chi connectivity index (χ2v) is 5.00. The normalized spacial score (nSPS) is 22.7. The van der Waals surface area contributed by atoms with Gasteiger partial charge in [-0.2, -0.15) is 5.26 Å². The fourth-order valence-corrected chi connectivity index (χ4v) is 2.28. The molecule has 0 bridgehead atoms. The Hall–Kier alpha value is -1.12. The molecule has 19 heavy (non-hydrogen) atoms. The van der Waals surface area contributed by atoms with Gasteiger partial charge in [-0.15, -0.1) is 0 Å². The van der Waals surface area contributed by atoms with Crippen LogP contribution in [0.4, 0.5) is 0 Å². The van der Waals surface area contributed by atoms with Gasteiger partial charge in [0.15, 0.2) is 0 Å². The van der Waals surface area contributed by atoms with Crippen LogP contribution in [0, 0.1) is 11.3 Å². The minimum Gasteiger partial charge on any atom is -0.368 e. The van der Waals surface area contributed by atoms with Gasteiger partial charge in [-0.25, -0.2) is 0 Å². The summed E-state index contributed by atoms with van der Waals surface area (Å²) in [5, 5.41) is 14.5. The average molecular weight is 267 g/mol. The molecule has 5 heteroatoms. The Balaban J connectivity index is 2.06. The van der Waals surface area contributed by atoms with E-state index < -0.39 is 0 Å². The first-order valence-electron chi connectivity index (χ1n) is 7.25. The van der Waals surface area contributed by atoms with E-state index in [0.29, 0.717) is 19.0 Å². The number of hydrogen-bond donors (Lipinski definition) is 2. The molecule has 0 spiro atoms. The van der Waals surface area contributed by atoms with E-state index in [4.69, 9.17) is 10.00 Å². The molecule has 1 saturated carbocycles. The Labute approximate surface area is 115 Å². The summed E-state index contributed by atoms with van der Waals surface area (Å²) >= 11 is 0. The molecule has 0 heterocycles. The van der Waals surface area contributed by atoms with Crippen molar-refractivity contribution in [2.24, 2.45) is 0 Å². The molecule has 1 aliphatic carbocycles. The lowest BCUT2D eigenvalue weighted by molar-refractivity contribution is -0.128. The number of nitrogens with one attached hydrogen (secondary N) is 2. The van der Waals surface area contributed by atoms with Crippen molar-refractivity contribution in [1.82, 2.24) is 10.6 Å². The first kappa shape index (κ1) is 15.9. The van der Waals surface area contributed by atoms with Gasteiger partial charge in [0, 0.05) is 12.6 Å². The van der Waals surface area contributed by atoms with Crippen molar-refractivity contribution in [2.45, 2.75) is 57.6 Å². The molecular formula is C14H25N3O2. The first-order valence-corrected chi connectivity index (χ1v) is 7.25. The van der Waals surface area contributed by atoms with E-state index in [1.54, 1.807) is 0 Å². The van der Waals surface area contributed by atoms with Gasteiger partial charge in [-0.1, -0.05) is 6.92 Å². The van der Waals surface area contributed by atoms with Crippen molar-refractivity contribution in [3.05, 3.63) is 0 Å². The highest BCUT2D eigenvalue weighted by molar-refractivity contribution is 5.77. The van der Waals surface area contributed by atoms with Crippen molar-refractivity contribution in [1.29, 1.82) is 5.26 Å². The maximum atomic E-state index is 11.4. The van der Waals surface area contributed by atoms with Crippen LogP contribution >= 0.6 is 0 Å². The Morgan fingerprint density at radius 1 is 1.32 bits per heavy atom. The monoisotopic (exact) mass is 267 g/mol. The van der Waals surface area contributed by atoms with E-state index >= 15 is 0 Å². The van der Waals surface area contributed by atoms with Crippen LogP contribution in [-0.2, 0) is 9.53 Å². The number of amides is 1. The van der Waals surface area contributed by atoms with Crippen molar-refractivity contribution in [3.63, 3.8) is 0 Å². The molecule has 1 fully saturated rings. The molecule has 0 saturated heterocycles. The molecule has 0 aliphatic heterocycles. The molecule has 0 radical (unpaired) electrons. The molecule has 1 aliphatic rings. The van der Waals surface area contributed by atoms with Crippen LogP contribution in [0.3, 0.4) is 0 Å². The van der Waals surface area contributed by atoms with E-state index in [2.05, 4.69) is 17.6 Å². The van der Waals surface area contributed by atoms with E-state index in [9.17, 15) is 4.79 Å². The largest absolute Gasteiger partial charge is 0.368 e. The summed E-state index contributed by atoms with van der Waals surface area (Å²) < 4.78 is 5.61. The number of hydrogen-bond acceptors (Lipinski definition) is 4. The first-order chi connectivity index (χ1) is 9.26. The SMILES string of the molecule is CCCNC1CCC(OCC(=O)NCCC#N)CC1. The lowest BCUT2D eigenvalue weighted by Gasteiger charge is -2.29. The van der Waals surface area contributed by atoms with Crippen LogP contribution in [-0.4, -0.2) is 37.7 Å². The zero-order valence-electron chi connectivity index (χ0n) is 11.8. The molecule has 0 atom stereocenters. The molecule has 5 nitrogen and oxygen atoms in total. The minimum absolute atomic E-state index is 0.114. The van der Waals surface area contributed by atoms with Crippen molar-refractivity contribution < 1.29 is 9.53 Å². The van der Waals surface area contributed by atoms with Gasteiger partial charge in [-0.05, 0) is 38.6 Å². The van der Waals surface area contributed by atoms with Gasteiger partial charge in [0.2, 0.25) is 5.91 Å². The van der Waals surface area contributed by atoms with Gasteiger partial charge in [-0.3, -0.25) is 4.79 Å². The molecule has 0 unspecified atom stereocenters. The number of rotatable bonds is 8. The maximum Gasteiger partial charge on any atom is 0.246 e. The molecular weight excluding hydrogens is 242 g/mol. The van der Waals surface area contributed by atoms with E-state index in [0.717, 1.165) is 32.2 Å². The van der Waals surface area contributed by atoms with Crippen molar-refractivity contribution in [2.75, 3.05) is 19.7 Å². The van der Waals surface area contributed by atoms with Gasteiger partial charge in [0.05, 0.1) is 18.6 Å². The average Bonchev–Trinajstić information content (AvgIpc) is 2.44. The predicted octanol–water partition coefficient (Wildman–Crippen LogP) is 1.34. The molecule has 0 aromatic rings. The lowest BCUT2D eigenvalue weighted by Crippen LogP contribution is -2.37. The van der Waals surface area contributed by atoms with Crippen LogP contribution in [0.2, 0.25) is 0 Å². The smallest absolute Gasteiger partial charge is 0.246 e. The van der Waals surface area contributed by atoms with Gasteiger partial charge in [0.1, 0.15) is 6.61 Å². The van der Waals surface area contributed by atoms with Crippen LogP contribution in [0.25, 0.3) is 0 Å². The molecule has 1 amide bonds. The Kier molecular flexibility index (Phi) is 8.19. The Bertz CT molecular complexity index is 294. The molecule has 0 aromatic heterocycles. The third kappa shape index (κ3) is 7.14. The predicted molar refractivity (Wildman–Crippen MR) is 73.5 cm³/mol. The summed E-state index contributed by atoms with van der Waals surface area (Å²) in [4.78, 5) is 11.4. The third-order valence-corrected chi connectivity index (χ3v) is 3.37. The van der Waals surface area contributed by atoms with E-state index in [1.807, 2.05) is 6.07 Å². The van der Waals surface area contributed by atoms with Gasteiger partial charge in [0.25, 0.3) is 0 Å². The summed E-state index contributed by atoms with van der Waals surface area (Å²) in [7, 11) is 0. The summed E-state index contributed by atoms with van der Waals surface area (Å²) in [5.74, 6) is -0.124. The molecule has 108 valence electrons. The zero-order valence-corrected chi connectivity index (χ0v) is 11.8. The number of carbonyl (C=O) groups is 1. The van der Waals surface area contributed by atoms with Crippen LogP contribution in [0.15, 0.2) is 0 Å². The van der Waals surface area contributed by atoms with Crippen molar-refractivity contribution >= 4 is 5.91 Å². The van der Waals surface area contributed by atoms with Crippen molar-refractivity contribution in [3.8, 4) is 6.07 Å². The number of nitrogens with zero attached hydrogens (tertiary/aromatic N) is 1. The molecule has 2 N–H and O–H groups in total. The fraction of sp³-hybridized carbons (Fsp3) is 0.857. The lowest BCUT2D eigenvalue weighted by atomic mass is 9.93. The number of nitriles is 1. The standard InChI is InChI=1S/C14H25N3O2/c1-2-9-16-12-4-6-13(7-5-12)19-11-14(18)17-10-3-8-15/h12-13,16H,2-7,9-11H2,1H3,(H,17,18). The minimum atomic E-state index is -0.124. The van der Waals surface area contributed by atoms with Gasteiger partial charge < -0.3 is 15.4 Å². The zero-order chi connectivity index (χ0) is 13.9. The highest BCUT2D eigenvalue weighted by Gasteiger charge is 2.21.